The molecular formula is C27H33Cl2N3O5S. The number of ketones is 1. The van der Waals surface area contributed by atoms with Crippen LogP contribution in [0.15, 0.2) is 42.5 Å². The Morgan fingerprint density at radius 1 is 1.03 bits per heavy atom. The zero-order valence-electron chi connectivity index (χ0n) is 21.7. The molecule has 1 atom stereocenters. The number of sulfonamides is 1. The minimum absolute atomic E-state index is 0.0291. The molecule has 2 amide bonds. The van der Waals surface area contributed by atoms with Gasteiger partial charge in [-0.1, -0.05) is 60.7 Å². The van der Waals surface area contributed by atoms with Crippen LogP contribution >= 0.6 is 23.2 Å². The number of Topliss-reactive ketones (excluding diaryl/α,β-unsaturated/α-hetero) is 1. The number of carbonyl (C=O) groups is 3. The number of rotatable bonds is 10. The zero-order valence-corrected chi connectivity index (χ0v) is 24.1. The zero-order chi connectivity index (χ0) is 28.0. The van der Waals surface area contributed by atoms with E-state index in [2.05, 4.69) is 5.32 Å². The summed E-state index contributed by atoms with van der Waals surface area (Å²) in [5, 5.41) is 3.68. The van der Waals surface area contributed by atoms with E-state index in [1.54, 1.807) is 37.3 Å². The highest BCUT2D eigenvalue weighted by Gasteiger charge is 2.32. The molecule has 0 spiro atoms. The van der Waals surface area contributed by atoms with Crippen molar-refractivity contribution >= 4 is 56.5 Å². The van der Waals surface area contributed by atoms with Gasteiger partial charge in [0.1, 0.15) is 12.6 Å². The van der Waals surface area contributed by atoms with Gasteiger partial charge in [-0.2, -0.15) is 0 Å². The molecule has 3 rings (SSSR count). The Balaban J connectivity index is 1.94. The van der Waals surface area contributed by atoms with Gasteiger partial charge in [-0.3, -0.25) is 18.7 Å². The number of nitrogens with one attached hydrogen (secondary N) is 1. The molecule has 1 N–H and O–H groups in total. The van der Waals surface area contributed by atoms with Gasteiger partial charge in [0.25, 0.3) is 0 Å². The van der Waals surface area contributed by atoms with E-state index in [9.17, 15) is 22.8 Å². The van der Waals surface area contributed by atoms with Crippen molar-refractivity contribution in [2.75, 3.05) is 17.1 Å². The van der Waals surface area contributed by atoms with Gasteiger partial charge >= 0.3 is 0 Å². The molecule has 206 valence electrons. The Morgan fingerprint density at radius 2 is 1.63 bits per heavy atom. The van der Waals surface area contributed by atoms with Gasteiger partial charge in [0.15, 0.2) is 5.78 Å². The first-order chi connectivity index (χ1) is 17.9. The van der Waals surface area contributed by atoms with Crippen LogP contribution in [-0.4, -0.2) is 55.8 Å². The van der Waals surface area contributed by atoms with Crippen molar-refractivity contribution in [2.24, 2.45) is 0 Å². The summed E-state index contributed by atoms with van der Waals surface area (Å²) in [5.74, 6) is -1.20. The highest BCUT2D eigenvalue weighted by molar-refractivity contribution is 7.92. The maximum absolute atomic E-state index is 13.7. The second-order valence-corrected chi connectivity index (χ2v) is 12.3. The third kappa shape index (κ3) is 7.71. The highest BCUT2D eigenvalue weighted by Crippen LogP contribution is 2.27. The minimum atomic E-state index is -3.92. The summed E-state index contributed by atoms with van der Waals surface area (Å²) in [7, 11) is -3.92. The average molecular weight is 583 g/mol. The summed E-state index contributed by atoms with van der Waals surface area (Å²) in [6.07, 6.45) is 5.91. The van der Waals surface area contributed by atoms with E-state index >= 15 is 0 Å². The van der Waals surface area contributed by atoms with Gasteiger partial charge in [0.2, 0.25) is 21.8 Å². The largest absolute Gasteiger partial charge is 0.352 e. The van der Waals surface area contributed by atoms with Gasteiger partial charge in [-0.05, 0) is 51.0 Å². The van der Waals surface area contributed by atoms with E-state index in [0.29, 0.717) is 21.2 Å². The SMILES string of the molecule is CC(=O)c1cccc(N(CC(=O)N(Cc2c(Cl)cccc2Cl)[C@H](C)C(=O)NC2CCCCC2)S(C)(=O)=O)c1. The van der Waals surface area contributed by atoms with Crippen LogP contribution in [0.2, 0.25) is 10.0 Å². The van der Waals surface area contributed by atoms with Crippen molar-refractivity contribution in [2.45, 2.75) is 64.6 Å². The summed E-state index contributed by atoms with van der Waals surface area (Å²) < 4.78 is 26.4. The molecular weight excluding hydrogens is 549 g/mol. The van der Waals surface area contributed by atoms with Crippen LogP contribution in [-0.2, 0) is 26.2 Å². The number of carbonyl (C=O) groups excluding carboxylic acids is 3. The number of halogens is 2. The molecule has 2 aromatic rings. The molecule has 38 heavy (non-hydrogen) atoms. The average Bonchev–Trinajstić information content (AvgIpc) is 2.86. The third-order valence-electron chi connectivity index (χ3n) is 6.73. The Bertz CT molecular complexity index is 1280. The fourth-order valence-corrected chi connectivity index (χ4v) is 5.86. The smallest absolute Gasteiger partial charge is 0.244 e. The predicted molar refractivity (Wildman–Crippen MR) is 150 cm³/mol. The van der Waals surface area contributed by atoms with Crippen molar-refractivity contribution in [3.63, 3.8) is 0 Å². The van der Waals surface area contributed by atoms with E-state index in [1.165, 1.54) is 24.0 Å². The molecule has 1 fully saturated rings. The number of benzene rings is 2. The van der Waals surface area contributed by atoms with Crippen molar-refractivity contribution in [3.8, 4) is 0 Å². The molecule has 0 saturated heterocycles. The normalized spacial score (nSPS) is 15.0. The highest BCUT2D eigenvalue weighted by atomic mass is 35.5. The molecule has 1 aliphatic rings. The van der Waals surface area contributed by atoms with Crippen molar-refractivity contribution in [1.29, 1.82) is 0 Å². The Kier molecular flexibility index (Phi) is 10.2. The summed E-state index contributed by atoms with van der Waals surface area (Å²) in [4.78, 5) is 40.2. The van der Waals surface area contributed by atoms with Gasteiger partial charge in [0.05, 0.1) is 11.9 Å². The number of nitrogens with zero attached hydrogens (tertiary/aromatic N) is 2. The molecule has 11 heteroatoms. The third-order valence-corrected chi connectivity index (χ3v) is 8.58. The number of hydrogen-bond acceptors (Lipinski definition) is 5. The topological polar surface area (TPSA) is 104 Å². The van der Waals surface area contributed by atoms with Crippen LogP contribution in [0.4, 0.5) is 5.69 Å². The molecule has 8 nitrogen and oxygen atoms in total. The van der Waals surface area contributed by atoms with E-state index in [-0.39, 0.29) is 30.0 Å². The van der Waals surface area contributed by atoms with E-state index in [4.69, 9.17) is 23.2 Å². The monoisotopic (exact) mass is 581 g/mol. The molecule has 0 aliphatic heterocycles. The van der Waals surface area contributed by atoms with Gasteiger partial charge in [0, 0.05) is 33.8 Å². The lowest BCUT2D eigenvalue weighted by atomic mass is 9.95. The van der Waals surface area contributed by atoms with Crippen LogP contribution in [0.3, 0.4) is 0 Å². The summed E-state index contributed by atoms with van der Waals surface area (Å²) in [5.41, 5.74) is 0.929. The first-order valence-corrected chi connectivity index (χ1v) is 15.1. The van der Waals surface area contributed by atoms with Gasteiger partial charge in [-0.25, -0.2) is 8.42 Å². The second kappa shape index (κ2) is 13.0. The van der Waals surface area contributed by atoms with Crippen molar-refractivity contribution in [1.82, 2.24) is 10.2 Å². The van der Waals surface area contributed by atoms with E-state index < -0.39 is 28.5 Å². The quantitative estimate of drug-likeness (QED) is 0.405. The maximum atomic E-state index is 13.7. The van der Waals surface area contributed by atoms with Crippen molar-refractivity contribution < 1.29 is 22.8 Å². The Labute approximate surface area is 234 Å². The summed E-state index contributed by atoms with van der Waals surface area (Å²) >= 11 is 12.8. The fourth-order valence-electron chi connectivity index (χ4n) is 4.50. The fraction of sp³-hybridized carbons (Fsp3) is 0.444. The van der Waals surface area contributed by atoms with Gasteiger partial charge in [-0.15, -0.1) is 0 Å². The van der Waals surface area contributed by atoms with Crippen LogP contribution in [0.25, 0.3) is 0 Å². The number of anilines is 1. The molecule has 0 radical (unpaired) electrons. The summed E-state index contributed by atoms with van der Waals surface area (Å²) in [6, 6.07) is 10.1. The molecule has 0 heterocycles. The molecule has 0 bridgehead atoms. The van der Waals surface area contributed by atoms with E-state index in [0.717, 1.165) is 42.7 Å². The predicted octanol–water partition coefficient (Wildman–Crippen LogP) is 4.83. The van der Waals surface area contributed by atoms with Crippen LogP contribution < -0.4 is 9.62 Å². The molecule has 1 aliphatic carbocycles. The van der Waals surface area contributed by atoms with Crippen LogP contribution in [0.5, 0.6) is 0 Å². The van der Waals surface area contributed by atoms with Crippen LogP contribution in [0.1, 0.15) is 61.9 Å². The lowest BCUT2D eigenvalue weighted by molar-refractivity contribution is -0.139. The van der Waals surface area contributed by atoms with Crippen LogP contribution in [0, 0.1) is 0 Å². The first-order valence-electron chi connectivity index (χ1n) is 12.5. The first kappa shape index (κ1) is 29.9. The second-order valence-electron chi connectivity index (χ2n) is 9.62. The van der Waals surface area contributed by atoms with E-state index in [1.807, 2.05) is 0 Å². The number of hydrogen-bond donors (Lipinski definition) is 1. The molecule has 0 aromatic heterocycles. The molecule has 0 unspecified atom stereocenters. The van der Waals surface area contributed by atoms with Gasteiger partial charge < -0.3 is 10.2 Å². The Hall–Kier alpha value is -2.62. The standard InChI is InChI=1S/C27H33Cl2N3O5S/c1-18(27(35)30-21-10-5-4-6-11-21)31(16-23-24(28)13-8-14-25(23)29)26(34)17-32(38(3,36)37)22-12-7-9-20(15-22)19(2)33/h7-9,12-15,18,21H,4-6,10-11,16-17H2,1-3H3,(H,30,35)/t18-/m1/s1. The minimum Gasteiger partial charge on any atom is -0.352 e. The lowest BCUT2D eigenvalue weighted by Gasteiger charge is -2.33. The molecule has 2 aromatic carbocycles. The molecule has 1 saturated carbocycles. The van der Waals surface area contributed by atoms with Crippen molar-refractivity contribution in [3.05, 3.63) is 63.6 Å². The summed E-state index contributed by atoms with van der Waals surface area (Å²) in [6.45, 7) is 2.30. The maximum Gasteiger partial charge on any atom is 0.244 e. The lowest BCUT2D eigenvalue weighted by Crippen LogP contribution is -2.53. The number of amides is 2. The Morgan fingerprint density at radius 3 is 2.21 bits per heavy atom.